The molecule has 1 aromatic carbocycles. The Morgan fingerprint density at radius 2 is 1.81 bits per heavy atom. The van der Waals surface area contributed by atoms with Gasteiger partial charge in [-0.15, -0.1) is 0 Å². The van der Waals surface area contributed by atoms with Gasteiger partial charge in [0, 0.05) is 11.8 Å². The molecule has 16 heavy (non-hydrogen) atoms. The molecule has 0 aliphatic heterocycles. The van der Waals surface area contributed by atoms with Gasteiger partial charge in [-0.05, 0) is 26.0 Å². The van der Waals surface area contributed by atoms with Gasteiger partial charge in [0.1, 0.15) is 17.0 Å². The monoisotopic (exact) mass is 224 g/mol. The predicted molar refractivity (Wildman–Crippen MR) is 54.4 cm³/mol. The molecule has 1 rings (SSSR count). The van der Waals surface area contributed by atoms with Crippen LogP contribution in [0.3, 0.4) is 0 Å². The highest BCUT2D eigenvalue weighted by atomic mass is 19.1. The zero-order valence-corrected chi connectivity index (χ0v) is 8.84. The number of nitriles is 1. The fourth-order valence-electron chi connectivity index (χ4n) is 0.964. The van der Waals surface area contributed by atoms with Crippen LogP contribution in [0.5, 0.6) is 0 Å². The standard InChI is InChI=1S/C11H10F2N2O/c1-11(2,6-14)10(16)15-9-4-7(12)3-8(13)5-9/h3-5H,1-2H3,(H,15,16). The number of carbonyl (C=O) groups excluding carboxylic acids is 1. The van der Waals surface area contributed by atoms with Gasteiger partial charge < -0.3 is 5.32 Å². The van der Waals surface area contributed by atoms with Crippen LogP contribution in [0.4, 0.5) is 14.5 Å². The van der Waals surface area contributed by atoms with Crippen molar-refractivity contribution >= 4 is 11.6 Å². The second-order valence-electron chi connectivity index (χ2n) is 3.85. The van der Waals surface area contributed by atoms with Gasteiger partial charge in [-0.25, -0.2) is 8.78 Å². The van der Waals surface area contributed by atoms with Crippen LogP contribution in [0, 0.1) is 28.4 Å². The lowest BCUT2D eigenvalue weighted by molar-refractivity contribution is -0.121. The Kier molecular flexibility index (Phi) is 3.23. The van der Waals surface area contributed by atoms with E-state index in [1.807, 2.05) is 0 Å². The van der Waals surface area contributed by atoms with Crippen LogP contribution < -0.4 is 5.32 Å². The lowest BCUT2D eigenvalue weighted by atomic mass is 9.94. The molecule has 0 aliphatic carbocycles. The van der Waals surface area contributed by atoms with Gasteiger partial charge in [0.05, 0.1) is 6.07 Å². The summed E-state index contributed by atoms with van der Waals surface area (Å²) in [6.07, 6.45) is 0. The molecule has 84 valence electrons. The second-order valence-corrected chi connectivity index (χ2v) is 3.85. The van der Waals surface area contributed by atoms with E-state index >= 15 is 0 Å². The molecule has 0 bridgehead atoms. The molecule has 3 nitrogen and oxygen atoms in total. The smallest absolute Gasteiger partial charge is 0.244 e. The molecular weight excluding hydrogens is 214 g/mol. The van der Waals surface area contributed by atoms with E-state index < -0.39 is 23.0 Å². The summed E-state index contributed by atoms with van der Waals surface area (Å²) in [6, 6.07) is 4.45. The van der Waals surface area contributed by atoms with Crippen molar-refractivity contribution in [2.45, 2.75) is 13.8 Å². The average Bonchev–Trinajstić information content (AvgIpc) is 2.15. The molecule has 0 unspecified atom stereocenters. The van der Waals surface area contributed by atoms with Crippen LogP contribution >= 0.6 is 0 Å². The Morgan fingerprint density at radius 1 is 1.31 bits per heavy atom. The van der Waals surface area contributed by atoms with Crippen LogP contribution in [0.2, 0.25) is 0 Å². The van der Waals surface area contributed by atoms with Gasteiger partial charge in [0.25, 0.3) is 0 Å². The maximum absolute atomic E-state index is 12.8. The first kappa shape index (κ1) is 12.1. The quantitative estimate of drug-likeness (QED) is 0.838. The van der Waals surface area contributed by atoms with Gasteiger partial charge in [-0.2, -0.15) is 5.26 Å². The molecule has 0 aliphatic rings. The van der Waals surface area contributed by atoms with E-state index in [9.17, 15) is 13.6 Å². The van der Waals surface area contributed by atoms with Crippen LogP contribution in [-0.4, -0.2) is 5.91 Å². The normalized spacial score (nSPS) is 10.7. The van der Waals surface area contributed by atoms with Crippen LogP contribution in [0.15, 0.2) is 18.2 Å². The Bertz CT molecular complexity index is 443. The minimum Gasteiger partial charge on any atom is -0.325 e. The van der Waals surface area contributed by atoms with Gasteiger partial charge >= 0.3 is 0 Å². The molecule has 1 amide bonds. The Labute approximate surface area is 91.7 Å². The minimum atomic E-state index is -1.25. The van der Waals surface area contributed by atoms with Crippen molar-refractivity contribution in [2.75, 3.05) is 5.32 Å². The highest BCUT2D eigenvalue weighted by Gasteiger charge is 2.27. The molecule has 0 fully saturated rings. The summed E-state index contributed by atoms with van der Waals surface area (Å²) in [4.78, 5) is 11.5. The number of benzene rings is 1. The second kappa shape index (κ2) is 4.27. The molecule has 0 heterocycles. The lowest BCUT2D eigenvalue weighted by Gasteiger charge is -2.14. The van der Waals surface area contributed by atoms with E-state index in [1.54, 1.807) is 6.07 Å². The molecule has 0 atom stereocenters. The SMILES string of the molecule is CC(C)(C#N)C(=O)Nc1cc(F)cc(F)c1. The average molecular weight is 224 g/mol. The number of halogens is 2. The van der Waals surface area contributed by atoms with Crippen LogP contribution in [0.1, 0.15) is 13.8 Å². The van der Waals surface area contributed by atoms with E-state index in [4.69, 9.17) is 5.26 Å². The van der Waals surface area contributed by atoms with Crippen molar-refractivity contribution in [1.29, 1.82) is 5.26 Å². The maximum Gasteiger partial charge on any atom is 0.244 e. The number of carbonyl (C=O) groups is 1. The molecule has 0 saturated heterocycles. The summed E-state index contributed by atoms with van der Waals surface area (Å²) in [5, 5.41) is 11.0. The first-order chi connectivity index (χ1) is 7.35. The van der Waals surface area contributed by atoms with E-state index in [0.717, 1.165) is 12.1 Å². The predicted octanol–water partition coefficient (Wildman–Crippen LogP) is 2.45. The number of rotatable bonds is 2. The Hall–Kier alpha value is -1.96. The topological polar surface area (TPSA) is 52.9 Å². The van der Waals surface area contributed by atoms with E-state index in [2.05, 4.69) is 5.32 Å². The van der Waals surface area contributed by atoms with Crippen LogP contribution in [-0.2, 0) is 4.79 Å². The number of hydrogen-bond donors (Lipinski definition) is 1. The zero-order chi connectivity index (χ0) is 12.3. The molecule has 0 spiro atoms. The third-order valence-electron chi connectivity index (χ3n) is 1.97. The largest absolute Gasteiger partial charge is 0.325 e. The molecule has 0 saturated carbocycles. The summed E-state index contributed by atoms with van der Waals surface area (Å²) in [5.41, 5.74) is -1.26. The fourth-order valence-corrected chi connectivity index (χ4v) is 0.964. The van der Waals surface area contributed by atoms with Gasteiger partial charge in [-0.3, -0.25) is 4.79 Å². The fraction of sp³-hybridized carbons (Fsp3) is 0.273. The molecule has 0 aromatic heterocycles. The van der Waals surface area contributed by atoms with E-state index in [1.165, 1.54) is 13.8 Å². The van der Waals surface area contributed by atoms with E-state index in [0.29, 0.717) is 6.07 Å². The molecular formula is C11H10F2N2O. The van der Waals surface area contributed by atoms with Gasteiger partial charge in [0.15, 0.2) is 0 Å². The van der Waals surface area contributed by atoms with Crippen molar-refractivity contribution in [2.24, 2.45) is 5.41 Å². The third-order valence-corrected chi connectivity index (χ3v) is 1.97. The number of nitrogens with one attached hydrogen (secondary N) is 1. The minimum absolute atomic E-state index is 0.00850. The Balaban J connectivity index is 2.90. The van der Waals surface area contributed by atoms with Crippen molar-refractivity contribution in [1.82, 2.24) is 0 Å². The Morgan fingerprint density at radius 3 is 2.25 bits per heavy atom. The van der Waals surface area contributed by atoms with Crippen molar-refractivity contribution in [3.8, 4) is 6.07 Å². The summed E-state index contributed by atoms with van der Waals surface area (Å²) < 4.78 is 25.6. The number of amides is 1. The van der Waals surface area contributed by atoms with Crippen molar-refractivity contribution in [3.63, 3.8) is 0 Å². The molecule has 1 aromatic rings. The highest BCUT2D eigenvalue weighted by molar-refractivity contribution is 5.96. The number of nitrogens with zero attached hydrogens (tertiary/aromatic N) is 1. The van der Waals surface area contributed by atoms with Gasteiger partial charge in [0.2, 0.25) is 5.91 Å². The molecule has 0 radical (unpaired) electrons. The summed E-state index contributed by atoms with van der Waals surface area (Å²) in [5.74, 6) is -2.19. The number of hydrogen-bond acceptors (Lipinski definition) is 2. The lowest BCUT2D eigenvalue weighted by Crippen LogP contribution is -2.29. The highest BCUT2D eigenvalue weighted by Crippen LogP contribution is 2.18. The molecule has 5 heteroatoms. The summed E-state index contributed by atoms with van der Waals surface area (Å²) in [6.45, 7) is 2.83. The maximum atomic E-state index is 12.8. The zero-order valence-electron chi connectivity index (χ0n) is 8.84. The van der Waals surface area contributed by atoms with Crippen molar-refractivity contribution in [3.05, 3.63) is 29.8 Å². The van der Waals surface area contributed by atoms with E-state index in [-0.39, 0.29) is 5.69 Å². The number of anilines is 1. The first-order valence-corrected chi connectivity index (χ1v) is 4.54. The first-order valence-electron chi connectivity index (χ1n) is 4.54. The third kappa shape index (κ3) is 2.76. The summed E-state index contributed by atoms with van der Waals surface area (Å²) in [7, 11) is 0. The van der Waals surface area contributed by atoms with Crippen LogP contribution in [0.25, 0.3) is 0 Å². The molecule has 1 N–H and O–H groups in total. The summed E-state index contributed by atoms with van der Waals surface area (Å²) >= 11 is 0. The van der Waals surface area contributed by atoms with Crippen molar-refractivity contribution < 1.29 is 13.6 Å². The van der Waals surface area contributed by atoms with Gasteiger partial charge in [-0.1, -0.05) is 0 Å².